The third-order valence-electron chi connectivity index (χ3n) is 5.60. The van der Waals surface area contributed by atoms with E-state index in [1.54, 1.807) is 4.90 Å². The molecule has 6 heteroatoms. The molecule has 1 atom stereocenters. The van der Waals surface area contributed by atoms with E-state index in [1.165, 1.54) is 18.2 Å². The molecule has 0 aromatic heterocycles. The van der Waals surface area contributed by atoms with Crippen molar-refractivity contribution in [2.24, 2.45) is 5.92 Å². The van der Waals surface area contributed by atoms with Crippen molar-refractivity contribution in [2.45, 2.75) is 25.9 Å². The largest absolute Gasteiger partial charge is 0.467 e. The molecule has 6 nitrogen and oxygen atoms in total. The van der Waals surface area contributed by atoms with Gasteiger partial charge in [0.05, 0.1) is 13.2 Å². The van der Waals surface area contributed by atoms with E-state index in [-0.39, 0.29) is 18.0 Å². The van der Waals surface area contributed by atoms with Crippen LogP contribution in [0.1, 0.15) is 31.0 Å². The minimum atomic E-state index is -0.637. The van der Waals surface area contributed by atoms with E-state index < -0.39 is 12.0 Å². The van der Waals surface area contributed by atoms with E-state index in [0.717, 1.165) is 13.1 Å². The van der Waals surface area contributed by atoms with Gasteiger partial charge in [-0.05, 0) is 17.0 Å². The molecule has 30 heavy (non-hydrogen) atoms. The van der Waals surface area contributed by atoms with Gasteiger partial charge in [0.15, 0.2) is 0 Å². The molecule has 0 spiro atoms. The number of urea groups is 1. The van der Waals surface area contributed by atoms with Crippen molar-refractivity contribution in [3.05, 3.63) is 71.8 Å². The molecule has 1 aliphatic rings. The van der Waals surface area contributed by atoms with Crippen LogP contribution in [0.15, 0.2) is 60.7 Å². The van der Waals surface area contributed by atoms with Crippen molar-refractivity contribution in [1.29, 1.82) is 0 Å². The van der Waals surface area contributed by atoms with Crippen molar-refractivity contribution in [3.63, 3.8) is 0 Å². The highest BCUT2D eigenvalue weighted by Gasteiger charge is 2.31. The van der Waals surface area contributed by atoms with Crippen LogP contribution in [0.4, 0.5) is 4.79 Å². The smallest absolute Gasteiger partial charge is 0.328 e. The Morgan fingerprint density at radius 2 is 1.37 bits per heavy atom. The van der Waals surface area contributed by atoms with Crippen LogP contribution >= 0.6 is 0 Å². The van der Waals surface area contributed by atoms with E-state index >= 15 is 0 Å². The van der Waals surface area contributed by atoms with Crippen molar-refractivity contribution in [1.82, 2.24) is 15.1 Å². The normalized spacial score (nSPS) is 15.8. The number of carbonyl (C=O) groups is 2. The first-order valence-corrected chi connectivity index (χ1v) is 10.5. The molecule has 160 valence electrons. The highest BCUT2D eigenvalue weighted by atomic mass is 16.5. The number of ether oxygens (including phenoxy) is 1. The van der Waals surface area contributed by atoms with Crippen LogP contribution in [0.2, 0.25) is 0 Å². The third kappa shape index (κ3) is 5.19. The second-order valence-corrected chi connectivity index (χ2v) is 7.94. The van der Waals surface area contributed by atoms with Crippen LogP contribution in [0.5, 0.6) is 0 Å². The molecule has 1 aliphatic heterocycles. The Hall–Kier alpha value is -2.86. The molecule has 1 saturated heterocycles. The van der Waals surface area contributed by atoms with Crippen molar-refractivity contribution < 1.29 is 14.3 Å². The van der Waals surface area contributed by atoms with Crippen LogP contribution < -0.4 is 5.32 Å². The summed E-state index contributed by atoms with van der Waals surface area (Å²) in [6.45, 7) is 6.51. The standard InChI is InChI=1S/C24H31N3O3/c1-18(2)21(23(28)30-3)25-24(29)27-16-14-26(15-17-27)22(19-10-6-4-7-11-19)20-12-8-5-9-13-20/h4-13,18,21-22H,14-17H2,1-3H3,(H,25,29). The molecule has 0 aliphatic carbocycles. The number of rotatable bonds is 6. The molecule has 2 aromatic carbocycles. The molecule has 2 amide bonds. The fourth-order valence-corrected chi connectivity index (χ4v) is 3.92. The minimum Gasteiger partial charge on any atom is -0.467 e. The summed E-state index contributed by atoms with van der Waals surface area (Å²) in [5.74, 6) is -0.451. The quantitative estimate of drug-likeness (QED) is 0.744. The maximum Gasteiger partial charge on any atom is 0.328 e. The first kappa shape index (κ1) is 21.8. The van der Waals surface area contributed by atoms with Crippen LogP contribution in [0, 0.1) is 5.92 Å². The predicted molar refractivity (Wildman–Crippen MR) is 117 cm³/mol. The van der Waals surface area contributed by atoms with E-state index in [0.29, 0.717) is 13.1 Å². The molecule has 0 bridgehead atoms. The number of piperazine rings is 1. The highest BCUT2D eigenvalue weighted by molar-refractivity contribution is 5.83. The molecule has 1 fully saturated rings. The Bertz CT molecular complexity index is 779. The van der Waals surface area contributed by atoms with Crippen LogP contribution in [0.3, 0.4) is 0 Å². The van der Waals surface area contributed by atoms with Gasteiger partial charge in [-0.2, -0.15) is 0 Å². The van der Waals surface area contributed by atoms with Gasteiger partial charge < -0.3 is 15.0 Å². The zero-order chi connectivity index (χ0) is 21.5. The summed E-state index contributed by atoms with van der Waals surface area (Å²) in [6.07, 6.45) is 0. The molecule has 2 aromatic rings. The van der Waals surface area contributed by atoms with Crippen molar-refractivity contribution in [3.8, 4) is 0 Å². The monoisotopic (exact) mass is 409 g/mol. The number of amides is 2. The summed E-state index contributed by atoms with van der Waals surface area (Å²) < 4.78 is 4.83. The lowest BCUT2D eigenvalue weighted by atomic mass is 9.96. The lowest BCUT2D eigenvalue weighted by Gasteiger charge is -2.40. The van der Waals surface area contributed by atoms with Crippen LogP contribution in [-0.2, 0) is 9.53 Å². The Kier molecular flexibility index (Phi) is 7.46. The summed E-state index contributed by atoms with van der Waals surface area (Å²) in [4.78, 5) is 28.9. The van der Waals surface area contributed by atoms with Gasteiger partial charge >= 0.3 is 12.0 Å². The fraction of sp³-hybridized carbons (Fsp3) is 0.417. The summed E-state index contributed by atoms with van der Waals surface area (Å²) in [5, 5.41) is 2.84. The maximum atomic E-state index is 12.7. The zero-order valence-electron chi connectivity index (χ0n) is 18.0. The average Bonchev–Trinajstić information content (AvgIpc) is 2.78. The molecule has 1 N–H and O–H groups in total. The van der Waals surface area contributed by atoms with Gasteiger partial charge in [-0.15, -0.1) is 0 Å². The highest BCUT2D eigenvalue weighted by Crippen LogP contribution is 2.29. The van der Waals surface area contributed by atoms with Gasteiger partial charge in [-0.25, -0.2) is 9.59 Å². The topological polar surface area (TPSA) is 61.9 Å². The first-order chi connectivity index (χ1) is 14.5. The van der Waals surface area contributed by atoms with Gasteiger partial charge in [-0.1, -0.05) is 74.5 Å². The third-order valence-corrected chi connectivity index (χ3v) is 5.60. The Labute approximate surface area is 178 Å². The summed E-state index contributed by atoms with van der Waals surface area (Å²) in [6, 6.07) is 20.2. The minimum absolute atomic E-state index is 0.0387. The zero-order valence-corrected chi connectivity index (χ0v) is 18.0. The number of hydrogen-bond donors (Lipinski definition) is 1. The van der Waals surface area contributed by atoms with Gasteiger partial charge in [0.1, 0.15) is 6.04 Å². The molecule has 1 heterocycles. The molecule has 0 radical (unpaired) electrons. The number of carbonyl (C=O) groups excluding carboxylic acids is 2. The predicted octanol–water partition coefficient (Wildman–Crippen LogP) is 3.30. The molecular formula is C24H31N3O3. The van der Waals surface area contributed by atoms with Crippen LogP contribution in [-0.4, -0.2) is 61.1 Å². The Balaban J connectivity index is 1.68. The van der Waals surface area contributed by atoms with Gasteiger partial charge in [0.2, 0.25) is 0 Å². The number of nitrogens with zero attached hydrogens (tertiary/aromatic N) is 2. The van der Waals surface area contributed by atoms with E-state index in [1.807, 2.05) is 26.0 Å². The van der Waals surface area contributed by atoms with Crippen molar-refractivity contribution >= 4 is 12.0 Å². The fourth-order valence-electron chi connectivity index (χ4n) is 3.92. The van der Waals surface area contributed by atoms with E-state index in [2.05, 4.69) is 58.7 Å². The van der Waals surface area contributed by atoms with Gasteiger partial charge in [0.25, 0.3) is 0 Å². The Morgan fingerprint density at radius 3 is 1.80 bits per heavy atom. The summed E-state index contributed by atoms with van der Waals surface area (Å²) in [7, 11) is 1.34. The maximum absolute atomic E-state index is 12.7. The number of nitrogens with one attached hydrogen (secondary N) is 1. The lowest BCUT2D eigenvalue weighted by molar-refractivity contribution is -0.144. The number of esters is 1. The number of methoxy groups -OCH3 is 1. The van der Waals surface area contributed by atoms with E-state index in [4.69, 9.17) is 4.74 Å². The molecule has 0 saturated carbocycles. The first-order valence-electron chi connectivity index (χ1n) is 10.5. The number of hydrogen-bond acceptors (Lipinski definition) is 4. The second-order valence-electron chi connectivity index (χ2n) is 7.94. The average molecular weight is 410 g/mol. The van der Waals surface area contributed by atoms with Gasteiger partial charge in [-0.3, -0.25) is 4.90 Å². The molecular weight excluding hydrogens is 378 g/mol. The Morgan fingerprint density at radius 1 is 0.867 bits per heavy atom. The lowest BCUT2D eigenvalue weighted by Crippen LogP contribution is -2.56. The molecule has 3 rings (SSSR count). The molecule has 1 unspecified atom stereocenters. The summed E-state index contributed by atoms with van der Waals surface area (Å²) in [5.41, 5.74) is 2.49. The SMILES string of the molecule is COC(=O)C(NC(=O)N1CCN(C(c2ccccc2)c2ccccc2)CC1)C(C)C. The number of benzene rings is 2. The van der Waals surface area contributed by atoms with Gasteiger partial charge in [0, 0.05) is 26.2 Å². The summed E-state index contributed by atoms with van der Waals surface area (Å²) >= 11 is 0. The van der Waals surface area contributed by atoms with E-state index in [9.17, 15) is 9.59 Å². The van der Waals surface area contributed by atoms with Crippen molar-refractivity contribution in [2.75, 3.05) is 33.3 Å². The second kappa shape index (κ2) is 10.3. The van der Waals surface area contributed by atoms with Crippen LogP contribution in [0.25, 0.3) is 0 Å².